The van der Waals surface area contributed by atoms with Crippen molar-refractivity contribution >= 4 is 13.1 Å². The summed E-state index contributed by atoms with van der Waals surface area (Å²) in [5.41, 5.74) is 1.55. The summed E-state index contributed by atoms with van der Waals surface area (Å²) in [6.45, 7) is 39.9. The highest BCUT2D eigenvalue weighted by Gasteiger charge is 2.76. The van der Waals surface area contributed by atoms with E-state index >= 15 is 9.36 Å². The second kappa shape index (κ2) is 29.0. The van der Waals surface area contributed by atoms with Crippen molar-refractivity contribution in [2.45, 2.75) is 193 Å². The minimum Gasteiger partial charge on any atom is -0.367 e. The second-order valence-corrected chi connectivity index (χ2v) is 21.4. The molecule has 0 heterocycles. The Bertz CT molecular complexity index is 1820. The van der Waals surface area contributed by atoms with Crippen LogP contribution in [0, 0.1) is 0 Å². The van der Waals surface area contributed by atoms with Crippen LogP contribution in [0.25, 0.3) is 0 Å². The maximum Gasteiger partial charge on any atom is 0.397 e. The molecule has 0 fully saturated rings. The Labute approximate surface area is 392 Å². The van der Waals surface area contributed by atoms with E-state index in [1.807, 2.05) is 141 Å². The molecular formula is C55H91O8P. The third-order valence-electron chi connectivity index (χ3n) is 10.8. The van der Waals surface area contributed by atoms with Crippen molar-refractivity contribution in [1.29, 1.82) is 0 Å². The van der Waals surface area contributed by atoms with E-state index in [-0.39, 0.29) is 52.3 Å². The molecule has 1 N–H and O–H groups in total. The van der Waals surface area contributed by atoms with Crippen LogP contribution in [0.3, 0.4) is 0 Å². The first kappa shape index (κ1) is 61.1. The quantitative estimate of drug-likeness (QED) is 0.0562. The topological polar surface area (TPSA) is 101 Å². The fourth-order valence-electron chi connectivity index (χ4n) is 7.08. The summed E-state index contributed by atoms with van der Waals surface area (Å²) in [5, 5.41) is 0. The van der Waals surface area contributed by atoms with Gasteiger partial charge in [0.25, 0.3) is 5.52 Å². The monoisotopic (exact) mass is 911 g/mol. The number of hydrogen-bond donors (Lipinski definition) is 1. The molecule has 364 valence electrons. The van der Waals surface area contributed by atoms with Crippen molar-refractivity contribution < 1.29 is 37.7 Å². The van der Waals surface area contributed by atoms with Gasteiger partial charge in [0.05, 0.1) is 33.0 Å². The van der Waals surface area contributed by atoms with Crippen LogP contribution < -0.4 is 0 Å². The lowest BCUT2D eigenvalue weighted by Gasteiger charge is -2.63. The van der Waals surface area contributed by atoms with Crippen LogP contribution in [0.15, 0.2) is 116 Å². The standard InChI is InChI=1S/C55H91O8P/c1-41(2)21-31-52(32-22-42(3)4,59-36-26-46(11)12)54(34-24-44(7)8,61-38-28-48(15)16)55(35-25-45(9)10,62-39-29-49(17)18)53(33-23-43(5)6,60-37-27-47(13)14)51(56)64(57,58)63-40-30-50(19)20/h21-30H,31-40H2,1-20H3,(H,57,58)/t53-,54+,55-/m0/s1. The molecule has 0 saturated heterocycles. The first-order valence-corrected chi connectivity index (χ1v) is 24.6. The summed E-state index contributed by atoms with van der Waals surface area (Å²) in [7, 11) is -5.21. The van der Waals surface area contributed by atoms with Gasteiger partial charge in [0, 0.05) is 19.3 Å². The molecule has 64 heavy (non-hydrogen) atoms. The summed E-state index contributed by atoms with van der Waals surface area (Å²) >= 11 is 0. The minimum absolute atomic E-state index is 0.0149. The van der Waals surface area contributed by atoms with Gasteiger partial charge in [0.2, 0.25) is 0 Å². The maximum absolute atomic E-state index is 16.3. The van der Waals surface area contributed by atoms with E-state index in [4.69, 9.17) is 23.5 Å². The Hall–Kier alpha value is -2.94. The van der Waals surface area contributed by atoms with Gasteiger partial charge in [-0.05, 0) is 151 Å². The van der Waals surface area contributed by atoms with E-state index in [0.717, 1.165) is 55.7 Å². The Balaban J connectivity index is 10.6. The van der Waals surface area contributed by atoms with Crippen molar-refractivity contribution in [1.82, 2.24) is 0 Å². The lowest BCUT2D eigenvalue weighted by molar-refractivity contribution is -0.327. The fraction of sp³-hybridized carbons (Fsp3) is 0.618. The summed E-state index contributed by atoms with van der Waals surface area (Å²) in [5.74, 6) is 0. The first-order valence-electron chi connectivity index (χ1n) is 23.0. The number of carbonyl (C=O) groups is 1. The zero-order chi connectivity index (χ0) is 49.5. The molecule has 0 radical (unpaired) electrons. The molecule has 0 rings (SSSR count). The van der Waals surface area contributed by atoms with Crippen LogP contribution in [0.1, 0.15) is 171 Å². The largest absolute Gasteiger partial charge is 0.397 e. The van der Waals surface area contributed by atoms with Crippen molar-refractivity contribution in [3.05, 3.63) is 116 Å². The van der Waals surface area contributed by atoms with Gasteiger partial charge in [-0.3, -0.25) is 13.9 Å². The van der Waals surface area contributed by atoms with Crippen molar-refractivity contribution in [3.8, 4) is 0 Å². The van der Waals surface area contributed by atoms with E-state index in [1.54, 1.807) is 6.08 Å². The first-order chi connectivity index (χ1) is 29.6. The van der Waals surface area contributed by atoms with Crippen LogP contribution in [-0.2, 0) is 32.8 Å². The molecule has 0 bridgehead atoms. The highest BCUT2D eigenvalue weighted by Crippen LogP contribution is 2.61. The fourth-order valence-corrected chi connectivity index (χ4v) is 8.26. The Kier molecular flexibility index (Phi) is 27.6. The molecule has 0 amide bonds. The number of rotatable bonds is 30. The van der Waals surface area contributed by atoms with Gasteiger partial charge in [-0.15, -0.1) is 0 Å². The second-order valence-electron chi connectivity index (χ2n) is 19.7. The van der Waals surface area contributed by atoms with E-state index < -0.39 is 35.5 Å². The SMILES string of the molecule is CC(C)=CCOC(CC=C(C)C)(CC=C(C)C)[C@@](CC=C(C)C)(OCC=C(C)C)[C@@](CC=C(C)C)(OCC=C(C)C)[C@@](CC=C(C)C)(OCC=C(C)C)C(=O)P(=O)(O)OCC=C(C)C. The van der Waals surface area contributed by atoms with Crippen LogP contribution in [-0.4, -0.2) is 65.9 Å². The lowest BCUT2D eigenvalue weighted by Crippen LogP contribution is -2.79. The van der Waals surface area contributed by atoms with Crippen LogP contribution in [0.4, 0.5) is 0 Å². The van der Waals surface area contributed by atoms with Crippen molar-refractivity contribution in [3.63, 3.8) is 0 Å². The molecule has 0 spiro atoms. The number of ether oxygens (including phenoxy) is 4. The smallest absolute Gasteiger partial charge is 0.367 e. The molecule has 0 aromatic heterocycles. The normalized spacial score (nSPS) is 15.0. The van der Waals surface area contributed by atoms with Gasteiger partial charge in [0.1, 0.15) is 16.8 Å². The summed E-state index contributed by atoms with van der Waals surface area (Å²) in [6, 6.07) is 0. The average Bonchev–Trinajstić information content (AvgIpc) is 3.15. The highest BCUT2D eigenvalue weighted by molar-refractivity contribution is 7.71. The molecule has 0 aromatic rings. The van der Waals surface area contributed by atoms with Crippen LogP contribution >= 0.6 is 7.60 Å². The Morgan fingerprint density at radius 1 is 0.375 bits per heavy atom. The van der Waals surface area contributed by atoms with Gasteiger partial charge in [0.15, 0.2) is 5.60 Å². The molecule has 8 nitrogen and oxygen atoms in total. The molecule has 0 aliphatic heterocycles. The van der Waals surface area contributed by atoms with Gasteiger partial charge < -0.3 is 23.8 Å². The third kappa shape index (κ3) is 19.5. The molecule has 1 unspecified atom stereocenters. The number of allylic oxidation sites excluding steroid dienone is 10. The Morgan fingerprint density at radius 2 is 0.656 bits per heavy atom. The zero-order valence-electron chi connectivity index (χ0n) is 44.1. The molecule has 0 aromatic carbocycles. The predicted molar refractivity (Wildman–Crippen MR) is 273 cm³/mol. The van der Waals surface area contributed by atoms with Crippen LogP contribution in [0.2, 0.25) is 0 Å². The molecule has 9 heteroatoms. The number of hydrogen-bond acceptors (Lipinski definition) is 7. The average molecular weight is 911 g/mol. The van der Waals surface area contributed by atoms with E-state index in [1.165, 1.54) is 0 Å². The molecule has 0 aliphatic rings. The minimum atomic E-state index is -5.21. The van der Waals surface area contributed by atoms with Crippen LogP contribution in [0.5, 0.6) is 0 Å². The van der Waals surface area contributed by atoms with Gasteiger partial charge in [-0.2, -0.15) is 0 Å². The molecule has 0 aliphatic carbocycles. The summed E-state index contributed by atoms with van der Waals surface area (Å²) < 4.78 is 51.2. The lowest BCUT2D eigenvalue weighted by atomic mass is 9.57. The number of carbonyl (C=O) groups excluding carboxylic acids is 1. The predicted octanol–water partition coefficient (Wildman–Crippen LogP) is 15.3. The highest BCUT2D eigenvalue weighted by atomic mass is 31.2. The summed E-state index contributed by atoms with van der Waals surface area (Å²) in [4.78, 5) is 28.5. The van der Waals surface area contributed by atoms with E-state index in [2.05, 4.69) is 52.0 Å². The van der Waals surface area contributed by atoms with Crippen molar-refractivity contribution in [2.24, 2.45) is 0 Å². The molecule has 0 saturated carbocycles. The Morgan fingerprint density at radius 3 is 1.03 bits per heavy atom. The van der Waals surface area contributed by atoms with Gasteiger partial charge >= 0.3 is 7.60 Å². The van der Waals surface area contributed by atoms with Gasteiger partial charge in [-0.25, -0.2) is 0 Å². The third-order valence-corrected chi connectivity index (χ3v) is 12.1. The van der Waals surface area contributed by atoms with Crippen molar-refractivity contribution in [2.75, 3.05) is 33.0 Å². The zero-order valence-corrected chi connectivity index (χ0v) is 45.0. The molecule has 4 atom stereocenters. The van der Waals surface area contributed by atoms with Gasteiger partial charge in [-0.1, -0.05) is 116 Å². The van der Waals surface area contributed by atoms with E-state index in [0.29, 0.717) is 12.8 Å². The molecular weight excluding hydrogens is 820 g/mol. The van der Waals surface area contributed by atoms with E-state index in [9.17, 15) is 4.89 Å². The summed E-state index contributed by atoms with van der Waals surface area (Å²) in [6.07, 6.45) is 20.7. The maximum atomic E-state index is 16.3.